The molecular weight excluding hydrogens is 292 g/mol. The summed E-state index contributed by atoms with van der Waals surface area (Å²) in [4.78, 5) is 14.4. The van der Waals surface area contributed by atoms with E-state index in [9.17, 15) is 9.90 Å². The highest BCUT2D eigenvalue weighted by atomic mass is 16.3. The van der Waals surface area contributed by atoms with Crippen molar-refractivity contribution in [2.75, 3.05) is 13.1 Å². The molecule has 6 nitrogen and oxygen atoms in total. The fraction of sp³-hybridized carbons (Fsp3) is 0.824. The first-order valence-corrected chi connectivity index (χ1v) is 8.78. The van der Waals surface area contributed by atoms with E-state index in [0.29, 0.717) is 17.9 Å². The lowest BCUT2D eigenvalue weighted by atomic mass is 9.92. The molecule has 1 aliphatic heterocycles. The molecule has 0 radical (unpaired) electrons. The molecule has 1 N–H and O–H groups in total. The number of carbonyl (C=O) groups excluding carboxylic acids is 1. The second-order valence-corrected chi connectivity index (χ2v) is 7.65. The minimum Gasteiger partial charge on any atom is -0.389 e. The van der Waals surface area contributed by atoms with Gasteiger partial charge in [0.1, 0.15) is 12.2 Å². The van der Waals surface area contributed by atoms with Crippen LogP contribution < -0.4 is 0 Å². The van der Waals surface area contributed by atoms with Crippen LogP contribution in [0.4, 0.5) is 0 Å². The van der Waals surface area contributed by atoms with E-state index in [1.807, 2.05) is 4.90 Å². The summed E-state index contributed by atoms with van der Waals surface area (Å²) in [5, 5.41) is 18.7. The van der Waals surface area contributed by atoms with Crippen LogP contribution in [-0.2, 0) is 4.79 Å². The number of likely N-dealkylation sites (tertiary alicyclic amines) is 1. The Morgan fingerprint density at radius 3 is 2.57 bits per heavy atom. The molecule has 1 saturated carbocycles. The van der Waals surface area contributed by atoms with Gasteiger partial charge in [0, 0.05) is 25.0 Å². The van der Waals surface area contributed by atoms with Crippen LogP contribution in [0.2, 0.25) is 0 Å². The van der Waals surface area contributed by atoms with Gasteiger partial charge in [-0.15, -0.1) is 10.2 Å². The van der Waals surface area contributed by atoms with Crippen LogP contribution in [0.5, 0.6) is 0 Å². The summed E-state index contributed by atoms with van der Waals surface area (Å²) in [5.74, 6) is 1.81. The van der Waals surface area contributed by atoms with Crippen LogP contribution in [0, 0.1) is 5.92 Å². The number of nitrogens with zero attached hydrogens (tertiary/aromatic N) is 4. The summed E-state index contributed by atoms with van der Waals surface area (Å²) in [7, 11) is 0. The van der Waals surface area contributed by atoms with E-state index < -0.39 is 5.60 Å². The first-order valence-electron chi connectivity index (χ1n) is 8.78. The SMILES string of the molecule is CC(C)n1cnnc1C1CCN(C(=O)CC(C)(O)C2CC2)CC1. The fourth-order valence-electron chi connectivity index (χ4n) is 3.60. The van der Waals surface area contributed by atoms with Crippen LogP contribution in [0.3, 0.4) is 0 Å². The number of hydrogen-bond donors (Lipinski definition) is 1. The van der Waals surface area contributed by atoms with Crippen LogP contribution >= 0.6 is 0 Å². The van der Waals surface area contributed by atoms with E-state index >= 15 is 0 Å². The van der Waals surface area contributed by atoms with Crippen LogP contribution in [0.15, 0.2) is 6.33 Å². The van der Waals surface area contributed by atoms with Crippen LogP contribution in [-0.4, -0.2) is 49.4 Å². The molecule has 1 aliphatic carbocycles. The smallest absolute Gasteiger partial charge is 0.225 e. The summed E-state index contributed by atoms with van der Waals surface area (Å²) < 4.78 is 2.13. The first kappa shape index (κ1) is 16.4. The maximum absolute atomic E-state index is 12.4. The topological polar surface area (TPSA) is 71.2 Å². The van der Waals surface area contributed by atoms with Gasteiger partial charge in [0.05, 0.1) is 12.0 Å². The molecule has 1 saturated heterocycles. The van der Waals surface area contributed by atoms with Gasteiger partial charge in [-0.2, -0.15) is 0 Å². The van der Waals surface area contributed by atoms with Crippen molar-refractivity contribution in [1.82, 2.24) is 19.7 Å². The number of hydrogen-bond acceptors (Lipinski definition) is 4. The largest absolute Gasteiger partial charge is 0.389 e. The van der Waals surface area contributed by atoms with E-state index in [4.69, 9.17) is 0 Å². The van der Waals surface area contributed by atoms with E-state index in [2.05, 4.69) is 28.6 Å². The molecule has 2 heterocycles. The van der Waals surface area contributed by atoms with Gasteiger partial charge in [-0.1, -0.05) is 0 Å². The Balaban J connectivity index is 1.55. The highest BCUT2D eigenvalue weighted by Crippen LogP contribution is 2.41. The lowest BCUT2D eigenvalue weighted by Gasteiger charge is -2.34. The molecule has 0 bridgehead atoms. The Hall–Kier alpha value is -1.43. The molecule has 2 fully saturated rings. The molecule has 1 atom stereocenters. The zero-order valence-electron chi connectivity index (χ0n) is 14.4. The average Bonchev–Trinajstić information content (AvgIpc) is 3.25. The van der Waals surface area contributed by atoms with Crippen molar-refractivity contribution in [2.45, 2.75) is 70.4 Å². The Kier molecular flexibility index (Phi) is 4.45. The maximum Gasteiger partial charge on any atom is 0.225 e. The summed E-state index contributed by atoms with van der Waals surface area (Å²) >= 11 is 0. The Bertz CT molecular complexity index is 555. The lowest BCUT2D eigenvalue weighted by molar-refractivity contribution is -0.137. The van der Waals surface area contributed by atoms with Gasteiger partial charge in [-0.25, -0.2) is 0 Å². The minimum atomic E-state index is -0.828. The monoisotopic (exact) mass is 320 g/mol. The molecule has 128 valence electrons. The van der Waals surface area contributed by atoms with Crippen LogP contribution in [0.25, 0.3) is 0 Å². The number of piperidine rings is 1. The van der Waals surface area contributed by atoms with Crippen molar-refractivity contribution in [3.05, 3.63) is 12.2 Å². The first-order chi connectivity index (χ1) is 10.9. The van der Waals surface area contributed by atoms with E-state index in [-0.39, 0.29) is 12.3 Å². The van der Waals surface area contributed by atoms with E-state index in [1.54, 1.807) is 13.3 Å². The summed E-state index contributed by atoms with van der Waals surface area (Å²) in [5.41, 5.74) is -0.828. The van der Waals surface area contributed by atoms with Crippen LogP contribution in [0.1, 0.15) is 70.7 Å². The molecule has 3 rings (SSSR count). The second-order valence-electron chi connectivity index (χ2n) is 7.65. The van der Waals surface area contributed by atoms with Gasteiger partial charge >= 0.3 is 0 Å². The van der Waals surface area contributed by atoms with Gasteiger partial charge in [-0.3, -0.25) is 4.79 Å². The molecule has 1 unspecified atom stereocenters. The highest BCUT2D eigenvalue weighted by Gasteiger charge is 2.42. The van der Waals surface area contributed by atoms with Crippen molar-refractivity contribution < 1.29 is 9.90 Å². The summed E-state index contributed by atoms with van der Waals surface area (Å²) in [6.07, 6.45) is 5.99. The van der Waals surface area contributed by atoms with Gasteiger partial charge < -0.3 is 14.6 Å². The van der Waals surface area contributed by atoms with E-state index in [0.717, 1.165) is 44.6 Å². The Morgan fingerprint density at radius 2 is 2.00 bits per heavy atom. The number of amides is 1. The van der Waals surface area contributed by atoms with Crippen molar-refractivity contribution >= 4 is 5.91 Å². The second kappa shape index (κ2) is 6.23. The van der Waals surface area contributed by atoms with Crippen molar-refractivity contribution in [2.24, 2.45) is 5.92 Å². The minimum absolute atomic E-state index is 0.0886. The number of rotatable bonds is 5. The van der Waals surface area contributed by atoms with Crippen molar-refractivity contribution in [1.29, 1.82) is 0 Å². The highest BCUT2D eigenvalue weighted by molar-refractivity contribution is 5.77. The molecule has 23 heavy (non-hydrogen) atoms. The summed E-state index contributed by atoms with van der Waals surface area (Å²) in [6, 6.07) is 0.355. The molecule has 1 amide bonds. The maximum atomic E-state index is 12.4. The summed E-state index contributed by atoms with van der Waals surface area (Å²) in [6.45, 7) is 7.56. The molecule has 1 aromatic rings. The number of carbonyl (C=O) groups is 1. The fourth-order valence-corrected chi connectivity index (χ4v) is 3.60. The van der Waals surface area contributed by atoms with Crippen molar-refractivity contribution in [3.63, 3.8) is 0 Å². The standard InChI is InChI=1S/C17H28N4O2/c1-12(2)21-11-18-19-16(21)13-6-8-20(9-7-13)15(22)10-17(3,23)14-4-5-14/h11-14,23H,4-10H2,1-3H3. The van der Waals surface area contributed by atoms with Gasteiger partial charge in [0.15, 0.2) is 0 Å². The lowest BCUT2D eigenvalue weighted by Crippen LogP contribution is -2.42. The predicted octanol–water partition coefficient (Wildman–Crippen LogP) is 2.12. The van der Waals surface area contributed by atoms with Gasteiger partial charge in [0.25, 0.3) is 0 Å². The zero-order valence-corrected chi connectivity index (χ0v) is 14.4. The predicted molar refractivity (Wildman–Crippen MR) is 86.9 cm³/mol. The zero-order chi connectivity index (χ0) is 16.6. The Labute approximate surface area is 137 Å². The average molecular weight is 320 g/mol. The van der Waals surface area contributed by atoms with Crippen molar-refractivity contribution in [3.8, 4) is 0 Å². The third kappa shape index (κ3) is 3.57. The van der Waals surface area contributed by atoms with E-state index in [1.165, 1.54) is 0 Å². The third-order valence-electron chi connectivity index (χ3n) is 5.34. The number of aromatic nitrogens is 3. The number of aliphatic hydroxyl groups is 1. The Morgan fingerprint density at radius 1 is 1.35 bits per heavy atom. The normalized spacial score (nSPS) is 22.4. The molecule has 6 heteroatoms. The molecular formula is C17H28N4O2. The third-order valence-corrected chi connectivity index (χ3v) is 5.34. The van der Waals surface area contributed by atoms with Gasteiger partial charge in [-0.05, 0) is 52.4 Å². The molecule has 0 spiro atoms. The molecule has 1 aromatic heterocycles. The quantitative estimate of drug-likeness (QED) is 0.902. The molecule has 0 aromatic carbocycles. The van der Waals surface area contributed by atoms with Gasteiger partial charge in [0.2, 0.25) is 5.91 Å². The molecule has 2 aliphatic rings.